The number of carbonyl (C=O) groups excluding carboxylic acids is 2. The number of amides is 2. The smallest absolute Gasteiger partial charge is 0.243 e. The number of hydrogen-bond donors (Lipinski definition) is 1. The number of carbonyl (C=O) groups is 2. The van der Waals surface area contributed by atoms with Crippen molar-refractivity contribution >= 4 is 46.8 Å². The van der Waals surface area contributed by atoms with E-state index in [4.69, 9.17) is 23.2 Å². The maximum Gasteiger partial charge on any atom is 0.243 e. The lowest BCUT2D eigenvalue weighted by molar-refractivity contribution is -0.139. The monoisotopic (exact) mass is 556 g/mol. The second-order valence-electron chi connectivity index (χ2n) is 9.58. The van der Waals surface area contributed by atoms with Gasteiger partial charge in [-0.3, -0.25) is 9.59 Å². The summed E-state index contributed by atoms with van der Waals surface area (Å²) in [5.74, 6) is 0.603. The van der Waals surface area contributed by atoms with E-state index < -0.39 is 6.04 Å². The summed E-state index contributed by atoms with van der Waals surface area (Å²) in [6.45, 7) is 8.11. The lowest BCUT2D eigenvalue weighted by atomic mass is 10.0. The lowest BCUT2D eigenvalue weighted by Crippen LogP contribution is -2.52. The van der Waals surface area contributed by atoms with Crippen LogP contribution in [0.5, 0.6) is 0 Å². The van der Waals surface area contributed by atoms with Gasteiger partial charge in [-0.1, -0.05) is 88.9 Å². The molecule has 4 nitrogen and oxygen atoms in total. The number of thioether (sulfide) groups is 1. The minimum absolute atomic E-state index is 0.0643. The SMILES string of the molecule is Cc1cc(C)cc(CSCC(=O)N(Cc2c(Cl)cccc2Cl)[C@H](Cc2ccccc2)C(=O)NC(C)C)c1. The molecule has 7 heteroatoms. The fraction of sp³-hybridized carbons (Fsp3) is 0.333. The van der Waals surface area contributed by atoms with E-state index in [-0.39, 0.29) is 30.2 Å². The molecule has 0 radical (unpaired) electrons. The normalized spacial score (nSPS) is 11.9. The van der Waals surface area contributed by atoms with Crippen molar-refractivity contribution in [2.45, 2.75) is 58.5 Å². The predicted molar refractivity (Wildman–Crippen MR) is 156 cm³/mol. The quantitative estimate of drug-likeness (QED) is 0.276. The first kappa shape index (κ1) is 29.1. The minimum atomic E-state index is -0.716. The van der Waals surface area contributed by atoms with Crippen LogP contribution in [0, 0.1) is 13.8 Å². The highest BCUT2D eigenvalue weighted by Gasteiger charge is 2.31. The molecule has 2 amide bonds. The molecule has 0 heterocycles. The third kappa shape index (κ3) is 8.80. The van der Waals surface area contributed by atoms with Gasteiger partial charge in [0.25, 0.3) is 0 Å². The van der Waals surface area contributed by atoms with Gasteiger partial charge in [0.05, 0.1) is 5.75 Å². The molecule has 37 heavy (non-hydrogen) atoms. The van der Waals surface area contributed by atoms with Crippen molar-refractivity contribution in [2.75, 3.05) is 5.75 Å². The van der Waals surface area contributed by atoms with E-state index in [1.54, 1.807) is 23.1 Å². The van der Waals surface area contributed by atoms with E-state index in [0.29, 0.717) is 27.8 Å². The van der Waals surface area contributed by atoms with Gasteiger partial charge in [-0.2, -0.15) is 0 Å². The maximum absolute atomic E-state index is 13.8. The molecule has 0 saturated carbocycles. The van der Waals surface area contributed by atoms with Crippen LogP contribution in [-0.4, -0.2) is 34.6 Å². The molecule has 0 aliphatic heterocycles. The summed E-state index contributed by atoms with van der Waals surface area (Å²) in [4.78, 5) is 28.8. The van der Waals surface area contributed by atoms with E-state index in [1.807, 2.05) is 44.2 Å². The molecule has 0 aliphatic carbocycles. The highest BCUT2D eigenvalue weighted by atomic mass is 35.5. The summed E-state index contributed by atoms with van der Waals surface area (Å²) in [5.41, 5.74) is 5.18. The molecule has 0 aliphatic rings. The Kier molecular flexibility index (Phi) is 10.9. The van der Waals surface area contributed by atoms with Gasteiger partial charge in [-0.25, -0.2) is 0 Å². The van der Waals surface area contributed by atoms with Gasteiger partial charge in [0.2, 0.25) is 11.8 Å². The molecule has 0 fully saturated rings. The topological polar surface area (TPSA) is 49.4 Å². The summed E-state index contributed by atoms with van der Waals surface area (Å²) >= 11 is 14.5. The zero-order valence-corrected chi connectivity index (χ0v) is 24.1. The van der Waals surface area contributed by atoms with Crippen LogP contribution in [-0.2, 0) is 28.3 Å². The van der Waals surface area contributed by atoms with Crippen molar-refractivity contribution in [2.24, 2.45) is 0 Å². The first-order valence-corrected chi connectivity index (χ1v) is 14.3. The van der Waals surface area contributed by atoms with Crippen molar-refractivity contribution in [3.8, 4) is 0 Å². The van der Waals surface area contributed by atoms with Crippen LogP contribution in [0.25, 0.3) is 0 Å². The van der Waals surface area contributed by atoms with Crippen molar-refractivity contribution < 1.29 is 9.59 Å². The Hall–Kier alpha value is -2.47. The molecule has 0 saturated heterocycles. The van der Waals surface area contributed by atoms with Crippen molar-refractivity contribution in [3.63, 3.8) is 0 Å². The summed E-state index contributed by atoms with van der Waals surface area (Å²) in [5, 5.41) is 3.94. The number of hydrogen-bond acceptors (Lipinski definition) is 3. The number of benzene rings is 3. The number of nitrogens with zero attached hydrogens (tertiary/aromatic N) is 1. The van der Waals surface area contributed by atoms with E-state index in [1.165, 1.54) is 28.5 Å². The molecule has 0 aromatic heterocycles. The summed E-state index contributed by atoms with van der Waals surface area (Å²) in [6, 6.07) is 20.6. The van der Waals surface area contributed by atoms with Crippen molar-refractivity contribution in [3.05, 3.63) is 105 Å². The largest absolute Gasteiger partial charge is 0.352 e. The van der Waals surface area contributed by atoms with Crippen LogP contribution in [0.4, 0.5) is 0 Å². The molecule has 0 spiro atoms. The van der Waals surface area contributed by atoms with Gasteiger partial charge >= 0.3 is 0 Å². The average Bonchev–Trinajstić information content (AvgIpc) is 2.82. The minimum Gasteiger partial charge on any atom is -0.352 e. The number of halogens is 2. The Bertz CT molecular complexity index is 1180. The average molecular weight is 558 g/mol. The van der Waals surface area contributed by atoms with Gasteiger partial charge in [0, 0.05) is 40.4 Å². The number of aryl methyl sites for hydroxylation is 2. The Morgan fingerprint density at radius 2 is 1.51 bits per heavy atom. The Morgan fingerprint density at radius 3 is 2.11 bits per heavy atom. The van der Waals surface area contributed by atoms with Crippen LogP contribution >= 0.6 is 35.0 Å². The van der Waals surface area contributed by atoms with Crippen LogP contribution in [0.3, 0.4) is 0 Å². The number of rotatable bonds is 11. The highest BCUT2D eigenvalue weighted by molar-refractivity contribution is 7.99. The van der Waals surface area contributed by atoms with E-state index in [9.17, 15) is 9.59 Å². The van der Waals surface area contributed by atoms with Crippen LogP contribution < -0.4 is 5.32 Å². The van der Waals surface area contributed by atoms with E-state index >= 15 is 0 Å². The fourth-order valence-corrected chi connectivity index (χ4v) is 5.64. The van der Waals surface area contributed by atoms with Crippen molar-refractivity contribution in [1.29, 1.82) is 0 Å². The Morgan fingerprint density at radius 1 is 0.892 bits per heavy atom. The fourth-order valence-electron chi connectivity index (χ4n) is 4.28. The molecule has 3 aromatic rings. The van der Waals surface area contributed by atoms with Gasteiger partial charge in [-0.15, -0.1) is 11.8 Å². The van der Waals surface area contributed by atoms with E-state index in [0.717, 1.165) is 5.56 Å². The molecule has 0 unspecified atom stereocenters. The maximum atomic E-state index is 13.8. The molecule has 3 rings (SSSR count). The van der Waals surface area contributed by atoms with Gasteiger partial charge in [0.15, 0.2) is 0 Å². The molecule has 1 atom stereocenters. The summed E-state index contributed by atoms with van der Waals surface area (Å²) < 4.78 is 0. The van der Waals surface area contributed by atoms with Crippen LogP contribution in [0.1, 0.15) is 41.7 Å². The second kappa shape index (κ2) is 13.9. The van der Waals surface area contributed by atoms with Gasteiger partial charge in [-0.05, 0) is 51.0 Å². The van der Waals surface area contributed by atoms with Gasteiger partial charge < -0.3 is 10.2 Å². The summed E-state index contributed by atoms with van der Waals surface area (Å²) in [6.07, 6.45) is 0.384. The molecule has 3 aromatic carbocycles. The zero-order chi connectivity index (χ0) is 26.9. The molecule has 1 N–H and O–H groups in total. The molecular formula is C30H34Cl2N2O2S. The highest BCUT2D eigenvalue weighted by Crippen LogP contribution is 2.28. The third-order valence-electron chi connectivity index (χ3n) is 5.87. The first-order chi connectivity index (χ1) is 17.6. The van der Waals surface area contributed by atoms with Crippen molar-refractivity contribution in [1.82, 2.24) is 10.2 Å². The standard InChI is InChI=1S/C30H34Cl2N2O2S/c1-20(2)33-30(36)28(16-23-9-6-5-7-10-23)34(17-25-26(31)11-8-12-27(25)32)29(35)19-37-18-24-14-21(3)13-22(4)15-24/h5-15,20,28H,16-19H2,1-4H3,(H,33,36)/t28-/m1/s1. The Balaban J connectivity index is 1.90. The summed E-state index contributed by atoms with van der Waals surface area (Å²) in [7, 11) is 0. The molecule has 196 valence electrons. The first-order valence-electron chi connectivity index (χ1n) is 12.4. The molecule has 0 bridgehead atoms. The van der Waals surface area contributed by atoms with Crippen LogP contribution in [0.15, 0.2) is 66.7 Å². The number of nitrogens with one attached hydrogen (secondary N) is 1. The second-order valence-corrected chi connectivity index (χ2v) is 11.4. The third-order valence-corrected chi connectivity index (χ3v) is 7.56. The van der Waals surface area contributed by atoms with Gasteiger partial charge in [0.1, 0.15) is 6.04 Å². The lowest BCUT2D eigenvalue weighted by Gasteiger charge is -2.32. The molecular weight excluding hydrogens is 523 g/mol. The van der Waals surface area contributed by atoms with E-state index in [2.05, 4.69) is 37.4 Å². The van der Waals surface area contributed by atoms with Crippen LogP contribution in [0.2, 0.25) is 10.0 Å². The predicted octanol–water partition coefficient (Wildman–Crippen LogP) is 7.01. The Labute approximate surface area is 234 Å². The zero-order valence-electron chi connectivity index (χ0n) is 21.8.